The van der Waals surface area contributed by atoms with Gasteiger partial charge < -0.3 is 15.0 Å². The highest BCUT2D eigenvalue weighted by atomic mass is 35.5. The summed E-state index contributed by atoms with van der Waals surface area (Å²) in [5.41, 5.74) is 0.754. The molecule has 0 radical (unpaired) electrons. The number of hydrogen-bond donors (Lipinski definition) is 1. The van der Waals surface area contributed by atoms with E-state index >= 15 is 0 Å². The predicted molar refractivity (Wildman–Crippen MR) is 95.1 cm³/mol. The van der Waals surface area contributed by atoms with Gasteiger partial charge in [0.1, 0.15) is 0 Å². The highest BCUT2D eigenvalue weighted by Crippen LogP contribution is 2.22. The van der Waals surface area contributed by atoms with Gasteiger partial charge >= 0.3 is 0 Å². The number of benzene rings is 1. The van der Waals surface area contributed by atoms with Crippen LogP contribution in [0, 0.1) is 5.92 Å². The van der Waals surface area contributed by atoms with Crippen LogP contribution in [-0.2, 0) is 14.3 Å². The molecule has 6 heteroatoms. The zero-order valence-electron chi connectivity index (χ0n) is 14.1. The van der Waals surface area contributed by atoms with Crippen LogP contribution in [0.3, 0.4) is 0 Å². The number of methoxy groups -OCH3 is 1. The van der Waals surface area contributed by atoms with Crippen molar-refractivity contribution in [3.8, 4) is 0 Å². The van der Waals surface area contributed by atoms with E-state index in [1.807, 2.05) is 4.90 Å². The summed E-state index contributed by atoms with van der Waals surface area (Å²) >= 11 is 5.83. The summed E-state index contributed by atoms with van der Waals surface area (Å²) in [4.78, 5) is 26.0. The second-order valence-electron chi connectivity index (χ2n) is 6.18. The third kappa shape index (κ3) is 6.13. The quantitative estimate of drug-likeness (QED) is 0.818. The molecule has 1 aromatic carbocycles. The molecule has 2 rings (SSSR count). The van der Waals surface area contributed by atoms with Gasteiger partial charge in [-0.1, -0.05) is 11.6 Å². The summed E-state index contributed by atoms with van der Waals surface area (Å²) in [7, 11) is 1.60. The maximum atomic E-state index is 12.1. The molecule has 1 atom stereocenters. The molecule has 1 fully saturated rings. The number of likely N-dealkylation sites (tertiary alicyclic amines) is 1. The molecule has 1 N–H and O–H groups in total. The second kappa shape index (κ2) is 9.64. The third-order valence-electron chi connectivity index (χ3n) is 4.30. The van der Waals surface area contributed by atoms with Crippen molar-refractivity contribution in [3.05, 3.63) is 29.3 Å². The monoisotopic (exact) mass is 352 g/mol. The molecule has 5 nitrogen and oxygen atoms in total. The fourth-order valence-electron chi connectivity index (χ4n) is 2.97. The Hall–Kier alpha value is -1.59. The molecule has 1 aliphatic rings. The molecule has 132 valence electrons. The van der Waals surface area contributed by atoms with Gasteiger partial charge in [0.2, 0.25) is 11.8 Å². The van der Waals surface area contributed by atoms with E-state index in [-0.39, 0.29) is 11.8 Å². The Morgan fingerprint density at radius 1 is 1.29 bits per heavy atom. The third-order valence-corrected chi connectivity index (χ3v) is 4.55. The second-order valence-corrected chi connectivity index (χ2v) is 6.62. The van der Waals surface area contributed by atoms with Crippen molar-refractivity contribution in [1.82, 2.24) is 4.90 Å². The van der Waals surface area contributed by atoms with E-state index in [0.29, 0.717) is 30.4 Å². The van der Waals surface area contributed by atoms with Crippen LogP contribution in [0.5, 0.6) is 0 Å². The number of anilines is 1. The van der Waals surface area contributed by atoms with Gasteiger partial charge in [0, 0.05) is 37.3 Å². The highest BCUT2D eigenvalue weighted by molar-refractivity contribution is 6.30. The summed E-state index contributed by atoms with van der Waals surface area (Å²) in [6, 6.07) is 7.08. The van der Waals surface area contributed by atoms with Crippen molar-refractivity contribution < 1.29 is 14.3 Å². The van der Waals surface area contributed by atoms with Crippen LogP contribution in [0.1, 0.15) is 32.1 Å². The SMILES string of the molecule is COCCC(=O)N1CCC[C@@H](CCC(=O)Nc2ccc(Cl)cc2)C1. The molecule has 1 aliphatic heterocycles. The van der Waals surface area contributed by atoms with Crippen LogP contribution in [0.2, 0.25) is 5.02 Å². The topological polar surface area (TPSA) is 58.6 Å². The Morgan fingerprint density at radius 2 is 2.04 bits per heavy atom. The van der Waals surface area contributed by atoms with Crippen molar-refractivity contribution in [3.63, 3.8) is 0 Å². The minimum atomic E-state index is 0.000144. The number of hydrogen-bond acceptors (Lipinski definition) is 3. The van der Waals surface area contributed by atoms with E-state index in [9.17, 15) is 9.59 Å². The molecule has 0 unspecified atom stereocenters. The molecule has 0 aliphatic carbocycles. The van der Waals surface area contributed by atoms with Gasteiger partial charge in [-0.3, -0.25) is 9.59 Å². The fourth-order valence-corrected chi connectivity index (χ4v) is 3.09. The molecule has 0 spiro atoms. The van der Waals surface area contributed by atoms with Gasteiger partial charge in [-0.2, -0.15) is 0 Å². The highest BCUT2D eigenvalue weighted by Gasteiger charge is 2.23. The van der Waals surface area contributed by atoms with Gasteiger partial charge in [0.15, 0.2) is 0 Å². The lowest BCUT2D eigenvalue weighted by atomic mass is 9.93. The predicted octanol–water partition coefficient (Wildman–Crippen LogP) is 3.33. The zero-order valence-corrected chi connectivity index (χ0v) is 14.8. The zero-order chi connectivity index (χ0) is 17.4. The number of rotatable bonds is 7. The minimum Gasteiger partial charge on any atom is -0.384 e. The summed E-state index contributed by atoms with van der Waals surface area (Å²) in [5, 5.41) is 3.52. The van der Waals surface area contributed by atoms with Crippen LogP contribution in [0.15, 0.2) is 24.3 Å². The van der Waals surface area contributed by atoms with Crippen LogP contribution in [0.4, 0.5) is 5.69 Å². The van der Waals surface area contributed by atoms with E-state index < -0.39 is 0 Å². The lowest BCUT2D eigenvalue weighted by Gasteiger charge is -2.32. The average Bonchev–Trinajstić information content (AvgIpc) is 2.60. The molecular formula is C18H25ClN2O3. The number of nitrogens with one attached hydrogen (secondary N) is 1. The first-order valence-corrected chi connectivity index (χ1v) is 8.78. The van der Waals surface area contributed by atoms with Crippen LogP contribution < -0.4 is 5.32 Å². The molecule has 2 amide bonds. The molecule has 1 saturated heterocycles. The summed E-state index contributed by atoms with van der Waals surface area (Å²) in [5.74, 6) is 0.536. The Bertz CT molecular complexity index is 548. The lowest BCUT2D eigenvalue weighted by Crippen LogP contribution is -2.40. The Morgan fingerprint density at radius 3 is 2.75 bits per heavy atom. The van der Waals surface area contributed by atoms with E-state index in [2.05, 4.69) is 5.32 Å². The van der Waals surface area contributed by atoms with Gasteiger partial charge in [0.05, 0.1) is 13.0 Å². The van der Waals surface area contributed by atoms with Crippen LogP contribution >= 0.6 is 11.6 Å². The largest absolute Gasteiger partial charge is 0.384 e. The normalized spacial score (nSPS) is 17.6. The smallest absolute Gasteiger partial charge is 0.224 e. The number of piperidine rings is 1. The summed E-state index contributed by atoms with van der Waals surface area (Å²) < 4.78 is 4.96. The standard InChI is InChI=1S/C18H25ClN2O3/c1-24-12-10-18(23)21-11-2-3-14(13-21)4-9-17(22)20-16-7-5-15(19)6-8-16/h5-8,14H,2-4,9-13H2,1H3,(H,20,22)/t14-/m0/s1. The Labute approximate surface area is 148 Å². The van der Waals surface area contributed by atoms with Crippen molar-refractivity contribution in [1.29, 1.82) is 0 Å². The number of ether oxygens (including phenoxy) is 1. The molecule has 0 aromatic heterocycles. The molecular weight excluding hydrogens is 328 g/mol. The van der Waals surface area contributed by atoms with Gasteiger partial charge in [-0.25, -0.2) is 0 Å². The first-order valence-electron chi connectivity index (χ1n) is 8.40. The van der Waals surface area contributed by atoms with Crippen LogP contribution in [0.25, 0.3) is 0 Å². The number of carbonyl (C=O) groups excluding carboxylic acids is 2. The molecule has 1 heterocycles. The lowest BCUT2D eigenvalue weighted by molar-refractivity contribution is -0.134. The van der Waals surface area contributed by atoms with Crippen molar-refractivity contribution in [2.24, 2.45) is 5.92 Å². The number of carbonyl (C=O) groups is 2. The van der Waals surface area contributed by atoms with Gasteiger partial charge in [0.25, 0.3) is 0 Å². The van der Waals surface area contributed by atoms with E-state index in [1.165, 1.54) is 0 Å². The number of nitrogens with zero attached hydrogens (tertiary/aromatic N) is 1. The maximum absolute atomic E-state index is 12.1. The molecule has 0 bridgehead atoms. The number of amides is 2. The summed E-state index contributed by atoms with van der Waals surface area (Å²) in [6.45, 7) is 2.02. The molecule has 0 saturated carbocycles. The van der Waals surface area contributed by atoms with Gasteiger partial charge in [-0.15, -0.1) is 0 Å². The van der Waals surface area contributed by atoms with Gasteiger partial charge in [-0.05, 0) is 49.4 Å². The van der Waals surface area contributed by atoms with Crippen molar-refractivity contribution >= 4 is 29.1 Å². The van der Waals surface area contributed by atoms with Crippen molar-refractivity contribution in [2.75, 3.05) is 32.1 Å². The minimum absolute atomic E-state index is 0.000144. The first-order chi connectivity index (χ1) is 11.6. The molecule has 24 heavy (non-hydrogen) atoms. The van der Waals surface area contributed by atoms with E-state index in [0.717, 1.165) is 38.0 Å². The van der Waals surface area contributed by atoms with Crippen molar-refractivity contribution in [2.45, 2.75) is 32.1 Å². The number of halogens is 1. The molecule has 1 aromatic rings. The maximum Gasteiger partial charge on any atom is 0.224 e. The Balaban J connectivity index is 1.73. The average molecular weight is 353 g/mol. The van der Waals surface area contributed by atoms with Crippen LogP contribution in [-0.4, -0.2) is 43.5 Å². The fraction of sp³-hybridized carbons (Fsp3) is 0.556. The van der Waals surface area contributed by atoms with E-state index in [4.69, 9.17) is 16.3 Å². The summed E-state index contributed by atoms with van der Waals surface area (Å²) in [6.07, 6.45) is 3.77. The Kier molecular flexibility index (Phi) is 7.53. The first kappa shape index (κ1) is 18.7. The van der Waals surface area contributed by atoms with E-state index in [1.54, 1.807) is 31.4 Å².